The van der Waals surface area contributed by atoms with Crippen molar-refractivity contribution >= 4 is 26.6 Å². The second-order valence-electron chi connectivity index (χ2n) is 8.76. The number of sulfone groups is 1. The van der Waals surface area contributed by atoms with Gasteiger partial charge in [0, 0.05) is 36.3 Å². The number of fused-ring (bicyclic) bond motifs is 1. The molecule has 0 unspecified atom stereocenters. The highest BCUT2D eigenvalue weighted by molar-refractivity contribution is 7.92. The Balaban J connectivity index is 1.80. The van der Waals surface area contributed by atoms with E-state index in [2.05, 4.69) is 28.7 Å². The maximum absolute atomic E-state index is 12.8. The van der Waals surface area contributed by atoms with Crippen LogP contribution in [0.4, 0.5) is 0 Å². The molecule has 0 spiro atoms. The number of aliphatic hydroxyl groups excluding tert-OH is 1. The smallest absolute Gasteiger partial charge is 0.264 e. The fourth-order valence-corrected chi connectivity index (χ4v) is 4.19. The normalized spacial score (nSPS) is 21.2. The molecule has 2 aromatic rings. The number of rotatable bonds is 6. The van der Waals surface area contributed by atoms with Crippen LogP contribution in [0.15, 0.2) is 29.3 Å². The molecule has 1 aromatic heterocycles. The molecule has 1 aromatic carbocycles. The van der Waals surface area contributed by atoms with E-state index in [4.69, 9.17) is 5.21 Å². The van der Waals surface area contributed by atoms with Crippen LogP contribution in [0.1, 0.15) is 32.3 Å². The topological polar surface area (TPSA) is 139 Å². The van der Waals surface area contributed by atoms with Gasteiger partial charge in [0.25, 0.3) is 11.5 Å². The molecule has 1 aliphatic rings. The van der Waals surface area contributed by atoms with E-state index in [-0.39, 0.29) is 30.9 Å². The number of hydrogen-bond donors (Lipinski definition) is 3. The number of aromatic nitrogens is 2. The third-order valence-electron chi connectivity index (χ3n) is 6.28. The Morgan fingerprint density at radius 1 is 1.39 bits per heavy atom. The van der Waals surface area contributed by atoms with Gasteiger partial charge in [0.05, 0.1) is 17.2 Å². The van der Waals surface area contributed by atoms with Crippen molar-refractivity contribution in [3.63, 3.8) is 0 Å². The second-order valence-corrected chi connectivity index (χ2v) is 11.2. The van der Waals surface area contributed by atoms with Gasteiger partial charge in [-0.3, -0.25) is 19.4 Å². The van der Waals surface area contributed by atoms with Gasteiger partial charge < -0.3 is 5.11 Å². The first kappa shape index (κ1) is 24.5. The molecule has 10 heteroatoms. The molecule has 1 aliphatic carbocycles. The molecule has 0 aliphatic heterocycles. The van der Waals surface area contributed by atoms with E-state index in [9.17, 15) is 23.1 Å². The second kappa shape index (κ2) is 8.99. The lowest BCUT2D eigenvalue weighted by Crippen LogP contribution is -2.50. The third-order valence-corrected chi connectivity index (χ3v) is 8.31. The van der Waals surface area contributed by atoms with Gasteiger partial charge in [0.15, 0.2) is 14.6 Å². The first-order valence-electron chi connectivity index (χ1n) is 10.2. The number of hydroxylamine groups is 1. The monoisotopic (exact) mass is 471 g/mol. The summed E-state index contributed by atoms with van der Waals surface area (Å²) < 4.78 is 23.5. The number of aryl methyl sites for hydroxylation is 1. The molecule has 33 heavy (non-hydrogen) atoms. The quantitative estimate of drug-likeness (QED) is 0.316. The van der Waals surface area contributed by atoms with Crippen LogP contribution >= 0.6 is 0 Å². The van der Waals surface area contributed by atoms with Crippen LogP contribution in [0.2, 0.25) is 0 Å². The number of nitrogens with zero attached hydrogens (tertiary/aromatic N) is 2. The molecule has 0 bridgehead atoms. The van der Waals surface area contributed by atoms with E-state index in [0.717, 1.165) is 12.7 Å². The summed E-state index contributed by atoms with van der Waals surface area (Å²) >= 11 is 0. The maximum atomic E-state index is 12.8. The molecule has 174 valence electrons. The summed E-state index contributed by atoms with van der Waals surface area (Å²) in [7, 11) is -3.87. The number of amides is 1. The summed E-state index contributed by atoms with van der Waals surface area (Å²) in [6, 6.07) is 4.91. The molecule has 0 radical (unpaired) electrons. The van der Waals surface area contributed by atoms with Crippen molar-refractivity contribution in [3.8, 4) is 23.7 Å². The van der Waals surface area contributed by atoms with E-state index < -0.39 is 26.1 Å². The minimum atomic E-state index is -3.87. The Morgan fingerprint density at radius 2 is 2.12 bits per heavy atom. The minimum absolute atomic E-state index is 0.0934. The Bertz CT molecular complexity index is 1390. The fourth-order valence-electron chi connectivity index (χ4n) is 3.35. The van der Waals surface area contributed by atoms with Gasteiger partial charge >= 0.3 is 0 Å². The molecule has 3 N–H and O–H groups in total. The van der Waals surface area contributed by atoms with Crippen molar-refractivity contribution in [2.24, 2.45) is 11.3 Å². The summed E-state index contributed by atoms with van der Waals surface area (Å²) in [5.74, 6) is 10.6. The summed E-state index contributed by atoms with van der Waals surface area (Å²) in [6.07, 6.45) is 2.80. The van der Waals surface area contributed by atoms with Crippen molar-refractivity contribution < 1.29 is 23.5 Å². The number of carbonyl (C=O) groups excluding carboxylic acids is 1. The number of nitrogens with one attached hydrogen (secondary N) is 1. The van der Waals surface area contributed by atoms with Crippen LogP contribution < -0.4 is 11.0 Å². The third kappa shape index (κ3) is 4.93. The van der Waals surface area contributed by atoms with Gasteiger partial charge in [-0.05, 0) is 49.8 Å². The Labute approximate surface area is 191 Å². The van der Waals surface area contributed by atoms with Gasteiger partial charge in [-0.2, -0.15) is 0 Å². The lowest BCUT2D eigenvalue weighted by molar-refractivity contribution is -0.131. The maximum Gasteiger partial charge on any atom is 0.264 e. The zero-order valence-corrected chi connectivity index (χ0v) is 19.4. The number of hydrogen-bond acceptors (Lipinski definition) is 7. The summed E-state index contributed by atoms with van der Waals surface area (Å²) in [4.78, 5) is 29.0. The van der Waals surface area contributed by atoms with Gasteiger partial charge in [-0.25, -0.2) is 18.9 Å². The van der Waals surface area contributed by atoms with Crippen molar-refractivity contribution in [1.29, 1.82) is 0 Å². The van der Waals surface area contributed by atoms with Crippen LogP contribution in [0, 0.1) is 35.0 Å². The SMILES string of the molecule is C[C@]1(CO)C[C@@H]1C#CC#Cc1ccc2c(=O)n(CC[C@](C)(C(=O)NO)S(C)(=O)=O)cnc2c1. The number of benzene rings is 1. The molecule has 0 saturated heterocycles. The van der Waals surface area contributed by atoms with E-state index in [1.165, 1.54) is 23.3 Å². The van der Waals surface area contributed by atoms with Crippen molar-refractivity contribution in [3.05, 3.63) is 40.4 Å². The van der Waals surface area contributed by atoms with Gasteiger partial charge in [0.2, 0.25) is 0 Å². The molecular formula is C23H25N3O6S. The predicted octanol–water partition coefficient (Wildman–Crippen LogP) is 0.469. The highest BCUT2D eigenvalue weighted by atomic mass is 32.2. The molecule has 3 atom stereocenters. The van der Waals surface area contributed by atoms with Gasteiger partial charge in [0.1, 0.15) is 0 Å². The van der Waals surface area contributed by atoms with Crippen LogP contribution in [0.3, 0.4) is 0 Å². The van der Waals surface area contributed by atoms with Crippen molar-refractivity contribution in [2.45, 2.75) is 38.0 Å². The first-order chi connectivity index (χ1) is 15.4. The predicted molar refractivity (Wildman–Crippen MR) is 122 cm³/mol. The molecule has 9 nitrogen and oxygen atoms in total. The zero-order chi connectivity index (χ0) is 24.4. The summed E-state index contributed by atoms with van der Waals surface area (Å²) in [5, 5.41) is 18.5. The summed E-state index contributed by atoms with van der Waals surface area (Å²) in [6.45, 7) is 3.18. The van der Waals surface area contributed by atoms with Crippen LogP contribution in [0.5, 0.6) is 0 Å². The molecular weight excluding hydrogens is 446 g/mol. The van der Waals surface area contributed by atoms with E-state index in [1.807, 2.05) is 6.92 Å². The molecule has 1 saturated carbocycles. The van der Waals surface area contributed by atoms with E-state index in [0.29, 0.717) is 16.5 Å². The average molecular weight is 472 g/mol. The number of carbonyl (C=O) groups is 1. The molecule has 1 amide bonds. The lowest BCUT2D eigenvalue weighted by atomic mass is 10.1. The van der Waals surface area contributed by atoms with Gasteiger partial charge in [-0.1, -0.05) is 18.8 Å². The van der Waals surface area contributed by atoms with Crippen molar-refractivity contribution in [2.75, 3.05) is 12.9 Å². The highest BCUT2D eigenvalue weighted by Crippen LogP contribution is 2.51. The Kier molecular flexibility index (Phi) is 6.66. The fraction of sp³-hybridized carbons (Fsp3) is 0.435. The van der Waals surface area contributed by atoms with Crippen LogP contribution in [-0.2, 0) is 21.2 Å². The average Bonchev–Trinajstić information content (AvgIpc) is 3.44. The Hall–Kier alpha value is -3.18. The van der Waals surface area contributed by atoms with E-state index in [1.54, 1.807) is 18.2 Å². The van der Waals surface area contributed by atoms with Crippen molar-refractivity contribution in [1.82, 2.24) is 15.0 Å². The lowest BCUT2D eigenvalue weighted by Gasteiger charge is -2.25. The van der Waals surface area contributed by atoms with Crippen LogP contribution in [-0.4, -0.2) is 51.8 Å². The van der Waals surface area contributed by atoms with E-state index >= 15 is 0 Å². The minimum Gasteiger partial charge on any atom is -0.396 e. The zero-order valence-electron chi connectivity index (χ0n) is 18.5. The highest BCUT2D eigenvalue weighted by Gasteiger charge is 2.48. The molecule has 1 heterocycles. The summed E-state index contributed by atoms with van der Waals surface area (Å²) in [5.41, 5.74) is 1.92. The first-order valence-corrected chi connectivity index (χ1v) is 12.1. The molecule has 3 rings (SSSR count). The standard InChI is InChI=1S/C23H25N3O6S/c1-22(14-27)13-17(22)7-5-4-6-16-8-9-18-19(12-16)24-15-26(20(18)28)11-10-23(2,21(29)25-30)33(3,31)32/h8-9,12,15,17,27,30H,10-11,13-14H2,1-3H3,(H,25,29)/t17-,22+,23+/m0/s1. The largest absolute Gasteiger partial charge is 0.396 e. The van der Waals surface area contributed by atoms with Gasteiger partial charge in [-0.15, -0.1) is 0 Å². The Morgan fingerprint density at radius 3 is 2.73 bits per heavy atom. The number of aliphatic hydroxyl groups is 1. The molecule has 1 fully saturated rings. The van der Waals surface area contributed by atoms with Crippen LogP contribution in [0.25, 0.3) is 10.9 Å².